The Kier molecular flexibility index (Phi) is 15.2. The Balaban J connectivity index is 0.996. The molecule has 27 nitrogen and oxygen atoms in total. The van der Waals surface area contributed by atoms with E-state index in [0.717, 1.165) is 0 Å². The van der Waals surface area contributed by atoms with Gasteiger partial charge in [-0.05, 0) is 83.3 Å². The van der Waals surface area contributed by atoms with Gasteiger partial charge in [-0.25, -0.2) is 19.1 Å². The van der Waals surface area contributed by atoms with Crippen molar-refractivity contribution in [2.75, 3.05) is 19.6 Å². The van der Waals surface area contributed by atoms with E-state index in [9.17, 15) is 59.1 Å². The summed E-state index contributed by atoms with van der Waals surface area (Å²) >= 11 is 1.19. The quantitative estimate of drug-likeness (QED) is 0.0474. The lowest BCUT2D eigenvalue weighted by atomic mass is 9.78. The van der Waals surface area contributed by atoms with Gasteiger partial charge in [-0.2, -0.15) is 0 Å². The molecule has 0 aliphatic carbocycles. The minimum atomic E-state index is -1.11. The number of non-ortho nitro benzene ring substituents is 3. The summed E-state index contributed by atoms with van der Waals surface area (Å²) < 4.78 is 17.9. The number of carbonyl (C=O) groups excluding carboxylic acids is 6. The number of ether oxygens (including phenoxy) is 3. The van der Waals surface area contributed by atoms with Crippen LogP contribution >= 0.6 is 11.8 Å². The van der Waals surface area contributed by atoms with Gasteiger partial charge in [0.05, 0.1) is 32.8 Å². The van der Waals surface area contributed by atoms with Crippen LogP contribution in [0.5, 0.6) is 0 Å². The topological polar surface area (TPSA) is 337 Å². The predicted octanol–water partition coefficient (Wildman–Crippen LogP) is 3.37. The molecule has 0 spiro atoms. The first-order valence-corrected chi connectivity index (χ1v) is 23.6. The Morgan fingerprint density at radius 1 is 0.808 bits per heavy atom. The van der Waals surface area contributed by atoms with E-state index >= 15 is 0 Å². The fraction of sp³-hybridized carbons (Fsp3) is 0.400. The summed E-state index contributed by atoms with van der Waals surface area (Å²) in [4.78, 5) is 119. The van der Waals surface area contributed by atoms with Crippen molar-refractivity contribution in [3.63, 3.8) is 0 Å². The van der Waals surface area contributed by atoms with Gasteiger partial charge < -0.3 is 34.6 Å². The van der Waals surface area contributed by atoms with Crippen LogP contribution in [0, 0.1) is 42.2 Å². The highest BCUT2D eigenvalue weighted by atomic mass is 32.2. The van der Waals surface area contributed by atoms with Crippen LogP contribution in [0.2, 0.25) is 0 Å². The lowest BCUT2D eigenvalue weighted by Crippen LogP contribution is -2.66. The number of likely N-dealkylation sites (tertiary alicyclic amines) is 2. The molecular weight excluding hydrogens is 981 g/mol. The zero-order valence-electron chi connectivity index (χ0n) is 38.9. The number of alkyl carbamates (subject to hydrolysis) is 1. The molecule has 3 aromatic carbocycles. The van der Waals surface area contributed by atoms with Crippen LogP contribution < -0.4 is 10.6 Å². The number of fused-ring (bicyclic) bond motifs is 1. The van der Waals surface area contributed by atoms with E-state index in [2.05, 4.69) is 26.2 Å². The van der Waals surface area contributed by atoms with Crippen LogP contribution in [0.3, 0.4) is 0 Å². The molecule has 2 N–H and O–H groups in total. The van der Waals surface area contributed by atoms with E-state index in [0.29, 0.717) is 28.0 Å². The first-order valence-electron chi connectivity index (χ1n) is 22.7. The molecule has 73 heavy (non-hydrogen) atoms. The monoisotopic (exact) mass is 1030 g/mol. The number of rotatable bonds is 18. The largest absolute Gasteiger partial charge is 0.456 e. The summed E-state index contributed by atoms with van der Waals surface area (Å²) in [5.41, 5.74) is 0.865. The van der Waals surface area contributed by atoms with Gasteiger partial charge in [0.15, 0.2) is 0 Å². The predicted molar refractivity (Wildman–Crippen MR) is 250 cm³/mol. The van der Waals surface area contributed by atoms with Gasteiger partial charge in [0.25, 0.3) is 17.1 Å². The summed E-state index contributed by atoms with van der Waals surface area (Å²) in [5.74, 6) is -3.58. The summed E-state index contributed by atoms with van der Waals surface area (Å²) in [5, 5.41) is 49.2. The maximum absolute atomic E-state index is 14.5. The third-order valence-electron chi connectivity index (χ3n) is 12.8. The number of aromatic nitrogens is 4. The summed E-state index contributed by atoms with van der Waals surface area (Å²) in [6.45, 7) is 2.68. The number of hydrogen-bond acceptors (Lipinski definition) is 19. The number of nitrogens with one attached hydrogen (secondary N) is 2. The van der Waals surface area contributed by atoms with E-state index in [1.54, 1.807) is 6.92 Å². The first-order chi connectivity index (χ1) is 34.9. The molecule has 0 radical (unpaired) electrons. The zero-order chi connectivity index (χ0) is 52.1. The van der Waals surface area contributed by atoms with Gasteiger partial charge in [0, 0.05) is 78.1 Å². The van der Waals surface area contributed by atoms with Crippen molar-refractivity contribution < 1.29 is 57.7 Å². The molecule has 4 aliphatic rings. The van der Waals surface area contributed by atoms with E-state index < -0.39 is 91.9 Å². The summed E-state index contributed by atoms with van der Waals surface area (Å²) in [7, 11) is 0. The Hall–Kier alpha value is -8.56. The van der Waals surface area contributed by atoms with E-state index in [4.69, 9.17) is 14.2 Å². The van der Waals surface area contributed by atoms with E-state index in [1.807, 2.05) is 6.92 Å². The highest BCUT2D eigenvalue weighted by molar-refractivity contribution is 8.03. The molecule has 8 rings (SSSR count). The average molecular weight is 1030 g/mol. The smallest absolute Gasteiger partial charge is 0.410 e. The Morgan fingerprint density at radius 3 is 1.92 bits per heavy atom. The number of nitro benzene ring substituents is 3. The molecule has 28 heteroatoms. The molecule has 3 fully saturated rings. The number of nitro groups is 3. The second-order valence-corrected chi connectivity index (χ2v) is 19.0. The van der Waals surface area contributed by atoms with Gasteiger partial charge in [0.1, 0.15) is 44.4 Å². The van der Waals surface area contributed by atoms with E-state index in [-0.39, 0.29) is 75.2 Å². The molecule has 5 heterocycles. The van der Waals surface area contributed by atoms with Crippen LogP contribution in [0.1, 0.15) is 43.4 Å². The zero-order valence-corrected chi connectivity index (χ0v) is 39.7. The number of tetrazole rings is 1. The van der Waals surface area contributed by atoms with Gasteiger partial charge >= 0.3 is 18.2 Å². The number of amides is 5. The number of carbonyl (C=O) groups is 6. The van der Waals surface area contributed by atoms with Gasteiger partial charge in [0.2, 0.25) is 17.7 Å². The Morgan fingerprint density at radius 2 is 1.37 bits per heavy atom. The minimum absolute atomic E-state index is 0.0506. The highest BCUT2D eigenvalue weighted by Crippen LogP contribution is 2.52. The minimum Gasteiger partial charge on any atom is -0.456 e. The molecule has 382 valence electrons. The first kappa shape index (κ1) is 50.8. The molecular formula is C45H46N12O15S. The van der Waals surface area contributed by atoms with Crippen molar-refractivity contribution in [1.82, 2.24) is 45.5 Å². The number of thioether (sulfide) groups is 1. The molecule has 7 atom stereocenters. The SMILES string of the molecule is C[C@@H](NC(=O)Cn1cnnn1)[C@H]1C(=O)N2C(C(=O)OCc3ccc([N+](=O)[O-])cc3)=C(S[C@H]3C[C@@H](C(=O)N4CC[C@@H](NC(=O)OCc5ccc([N+](=O)[O-])cc5)C4)N(C(=O)OCc4ccc([N+](=O)[O-])cc4)C3)[C@H](C)[C@H]12. The second-order valence-electron chi connectivity index (χ2n) is 17.6. The van der Waals surface area contributed by atoms with Crippen molar-refractivity contribution in [2.24, 2.45) is 11.8 Å². The molecule has 0 bridgehead atoms. The van der Waals surface area contributed by atoms with Crippen molar-refractivity contribution in [3.05, 3.63) is 137 Å². The third kappa shape index (κ3) is 11.5. The molecule has 5 amide bonds. The lowest BCUT2D eigenvalue weighted by Gasteiger charge is -2.47. The van der Waals surface area contributed by atoms with Crippen LogP contribution in [0.4, 0.5) is 26.7 Å². The van der Waals surface area contributed by atoms with Gasteiger partial charge in [-0.3, -0.25) is 49.6 Å². The fourth-order valence-electron chi connectivity index (χ4n) is 9.21. The lowest BCUT2D eigenvalue weighted by molar-refractivity contribution is -0.385. The molecule has 1 aromatic heterocycles. The molecule has 0 saturated carbocycles. The number of esters is 1. The van der Waals surface area contributed by atoms with Crippen molar-refractivity contribution >= 4 is 64.7 Å². The Labute approximate surface area is 417 Å². The van der Waals surface area contributed by atoms with Gasteiger partial charge in [-0.1, -0.05) is 6.92 Å². The van der Waals surface area contributed by atoms with Crippen LogP contribution in [0.25, 0.3) is 0 Å². The van der Waals surface area contributed by atoms with Crippen LogP contribution in [0.15, 0.2) is 89.7 Å². The normalized spacial score (nSPS) is 21.5. The molecule has 4 aliphatic heterocycles. The van der Waals surface area contributed by atoms with Crippen molar-refractivity contribution in [3.8, 4) is 0 Å². The van der Waals surface area contributed by atoms with E-state index in [1.165, 1.54) is 110 Å². The van der Waals surface area contributed by atoms with Crippen LogP contribution in [-0.2, 0) is 59.8 Å². The molecule has 3 saturated heterocycles. The number of nitrogens with zero attached hydrogens (tertiary/aromatic N) is 10. The molecule has 0 unspecified atom stereocenters. The number of hydrogen-bond donors (Lipinski definition) is 2. The maximum atomic E-state index is 14.5. The summed E-state index contributed by atoms with van der Waals surface area (Å²) in [6, 6.07) is 13.3. The van der Waals surface area contributed by atoms with Crippen molar-refractivity contribution in [1.29, 1.82) is 0 Å². The highest BCUT2D eigenvalue weighted by Gasteiger charge is 2.61. The van der Waals surface area contributed by atoms with Crippen LogP contribution in [-0.4, -0.2) is 135 Å². The molecule has 4 aromatic rings. The third-order valence-corrected chi connectivity index (χ3v) is 14.3. The Bertz CT molecular complexity index is 2830. The fourth-order valence-corrected chi connectivity index (χ4v) is 10.7. The van der Waals surface area contributed by atoms with Gasteiger partial charge in [-0.15, -0.1) is 16.9 Å². The second kappa shape index (κ2) is 21.8. The average Bonchev–Trinajstić information content (AvgIpc) is 4.19. The summed E-state index contributed by atoms with van der Waals surface area (Å²) in [6.07, 6.45) is 0.00129. The number of benzene rings is 3. The number of β-lactam (4-membered cyclic amide) rings is 1. The standard InChI is InChI=1S/C45H46N12O15S/c1-25-38-37(26(2)47-36(58)20-52-24-46-49-50-52)42(60)54(38)39(43(61)70-21-27-3-9-31(10-4-27)55(64)65)40(25)73-34-17-35(53(19-34)45(63)72-23-29-7-13-33(14-8-29)57(68)69)41(59)51-16-15-30(18-51)48-44(62)71-22-28-5-11-32(12-6-28)56(66)67/h3-14,24-26,30,34-35,37-38H,15-23H2,1-2H3,(H,47,58)(H,48,62)/t25-,26-,30-,34+,35+,37-,38-/m1/s1. The maximum Gasteiger partial charge on any atom is 0.410 e. The van der Waals surface area contributed by atoms with Crippen molar-refractivity contribution in [2.45, 2.75) is 82.5 Å².